The van der Waals surface area contributed by atoms with Gasteiger partial charge < -0.3 is 16.2 Å². The molecule has 2 atom stereocenters. The van der Waals surface area contributed by atoms with Crippen molar-refractivity contribution in [3.8, 4) is 0 Å². The fourth-order valence-corrected chi connectivity index (χ4v) is 2.83. The second-order valence-electron chi connectivity index (χ2n) is 5.25. The van der Waals surface area contributed by atoms with E-state index in [1.165, 1.54) is 6.42 Å². The van der Waals surface area contributed by atoms with Crippen LogP contribution in [-0.2, 0) is 0 Å². The number of hydrogen-bond acceptors (Lipinski definition) is 3. The Labute approximate surface area is 113 Å². The molecule has 1 saturated carbocycles. The van der Waals surface area contributed by atoms with E-state index in [4.69, 9.17) is 17.3 Å². The van der Waals surface area contributed by atoms with Crippen molar-refractivity contribution in [3.63, 3.8) is 0 Å². The highest BCUT2D eigenvalue weighted by molar-refractivity contribution is 6.33. The van der Waals surface area contributed by atoms with Crippen LogP contribution in [-0.4, -0.2) is 17.8 Å². The molecule has 0 spiro atoms. The molecule has 4 N–H and O–H groups in total. The van der Waals surface area contributed by atoms with Crippen LogP contribution in [0.5, 0.6) is 0 Å². The van der Waals surface area contributed by atoms with Gasteiger partial charge in [-0.3, -0.25) is 0 Å². The molecule has 0 saturated heterocycles. The van der Waals surface area contributed by atoms with Gasteiger partial charge in [0.1, 0.15) is 0 Å². The Bertz CT molecular complexity index is 423. The molecule has 100 valence electrons. The molecule has 0 radical (unpaired) electrons. The van der Waals surface area contributed by atoms with Gasteiger partial charge in [0, 0.05) is 18.3 Å². The Balaban J connectivity index is 2.07. The second-order valence-corrected chi connectivity index (χ2v) is 5.65. The lowest BCUT2D eigenvalue weighted by Crippen LogP contribution is -2.29. The lowest BCUT2D eigenvalue weighted by atomic mass is 9.86. The van der Waals surface area contributed by atoms with Gasteiger partial charge in [-0.2, -0.15) is 0 Å². The molecule has 1 aliphatic carbocycles. The van der Waals surface area contributed by atoms with Crippen molar-refractivity contribution in [2.24, 2.45) is 5.92 Å². The minimum Gasteiger partial charge on any atom is -0.398 e. The van der Waals surface area contributed by atoms with Gasteiger partial charge in [-0.15, -0.1) is 0 Å². The molecule has 0 heterocycles. The van der Waals surface area contributed by atoms with Crippen molar-refractivity contribution in [1.29, 1.82) is 0 Å². The molecule has 1 aromatic rings. The van der Waals surface area contributed by atoms with Crippen LogP contribution in [0.3, 0.4) is 0 Å². The van der Waals surface area contributed by atoms with Crippen molar-refractivity contribution in [2.45, 2.75) is 38.6 Å². The van der Waals surface area contributed by atoms with Gasteiger partial charge in [0.15, 0.2) is 0 Å². The number of nitrogens with one attached hydrogen (secondary N) is 1. The van der Waals surface area contributed by atoms with E-state index < -0.39 is 0 Å². The number of rotatable bonds is 3. The van der Waals surface area contributed by atoms with E-state index in [0.717, 1.165) is 30.5 Å². The molecule has 1 fully saturated rings. The average Bonchev–Trinajstić information content (AvgIpc) is 2.36. The summed E-state index contributed by atoms with van der Waals surface area (Å²) in [7, 11) is 0. The van der Waals surface area contributed by atoms with Gasteiger partial charge in [-0.1, -0.05) is 18.0 Å². The Morgan fingerprint density at radius 3 is 2.94 bits per heavy atom. The summed E-state index contributed by atoms with van der Waals surface area (Å²) >= 11 is 6.05. The lowest BCUT2D eigenvalue weighted by molar-refractivity contribution is 0.184. The highest BCUT2D eigenvalue weighted by Crippen LogP contribution is 2.30. The minimum absolute atomic E-state index is 0.291. The van der Waals surface area contributed by atoms with E-state index in [0.29, 0.717) is 29.3 Å². The maximum Gasteiger partial charge on any atom is 0.0656 e. The van der Waals surface area contributed by atoms with Crippen LogP contribution in [0.2, 0.25) is 5.02 Å². The number of aryl methyl sites for hydroxylation is 1. The predicted molar refractivity (Wildman–Crippen MR) is 77.1 cm³/mol. The maximum absolute atomic E-state index is 9.24. The van der Waals surface area contributed by atoms with Crippen LogP contribution in [0.4, 0.5) is 11.4 Å². The Morgan fingerprint density at radius 1 is 1.44 bits per heavy atom. The molecular weight excluding hydrogens is 248 g/mol. The molecule has 4 heteroatoms. The summed E-state index contributed by atoms with van der Waals surface area (Å²) in [6.07, 6.45) is 4.48. The van der Waals surface area contributed by atoms with Gasteiger partial charge in [-0.25, -0.2) is 0 Å². The van der Waals surface area contributed by atoms with Crippen molar-refractivity contribution in [2.75, 3.05) is 17.7 Å². The topological polar surface area (TPSA) is 58.3 Å². The SMILES string of the molecule is Cc1cc(N)c(Cl)cc1NC1CCCC(CO)C1. The highest BCUT2D eigenvalue weighted by atomic mass is 35.5. The average molecular weight is 269 g/mol. The van der Waals surface area contributed by atoms with E-state index >= 15 is 0 Å². The van der Waals surface area contributed by atoms with Gasteiger partial charge in [0.25, 0.3) is 0 Å². The van der Waals surface area contributed by atoms with Gasteiger partial charge in [0.05, 0.1) is 10.7 Å². The first-order chi connectivity index (χ1) is 8.60. The summed E-state index contributed by atoms with van der Waals surface area (Å²) in [6, 6.07) is 4.22. The van der Waals surface area contributed by atoms with Gasteiger partial charge >= 0.3 is 0 Å². The van der Waals surface area contributed by atoms with E-state index in [9.17, 15) is 5.11 Å². The van der Waals surface area contributed by atoms with Crippen LogP contribution < -0.4 is 11.1 Å². The summed E-state index contributed by atoms with van der Waals surface area (Å²) in [5.41, 5.74) is 8.56. The van der Waals surface area contributed by atoms with Crippen LogP contribution >= 0.6 is 11.6 Å². The molecule has 1 aromatic carbocycles. The molecule has 0 aromatic heterocycles. The van der Waals surface area contributed by atoms with Crippen LogP contribution in [0.15, 0.2) is 12.1 Å². The fraction of sp³-hybridized carbons (Fsp3) is 0.571. The summed E-state index contributed by atoms with van der Waals surface area (Å²) in [5.74, 6) is 0.431. The van der Waals surface area contributed by atoms with Crippen molar-refractivity contribution < 1.29 is 5.11 Å². The molecule has 0 bridgehead atoms. The highest BCUT2D eigenvalue weighted by Gasteiger charge is 2.21. The molecule has 3 nitrogen and oxygen atoms in total. The third-order valence-electron chi connectivity index (χ3n) is 3.74. The standard InChI is InChI=1S/C14H21ClN2O/c1-9-5-13(16)12(15)7-14(9)17-11-4-2-3-10(6-11)8-18/h5,7,10-11,17-18H,2-4,6,8,16H2,1H3. The van der Waals surface area contributed by atoms with Gasteiger partial charge in [0.2, 0.25) is 0 Å². The number of halogens is 1. The van der Waals surface area contributed by atoms with Gasteiger partial charge in [-0.05, 0) is 49.8 Å². The number of anilines is 2. The second kappa shape index (κ2) is 5.81. The zero-order valence-corrected chi connectivity index (χ0v) is 11.5. The van der Waals surface area contributed by atoms with Crippen LogP contribution in [0.1, 0.15) is 31.2 Å². The smallest absolute Gasteiger partial charge is 0.0656 e. The lowest BCUT2D eigenvalue weighted by Gasteiger charge is -2.30. The van der Waals surface area contributed by atoms with Crippen LogP contribution in [0.25, 0.3) is 0 Å². The molecule has 2 unspecified atom stereocenters. The van der Waals surface area contributed by atoms with Crippen molar-refractivity contribution in [1.82, 2.24) is 0 Å². The molecule has 1 aliphatic rings. The molecular formula is C14H21ClN2O. The third-order valence-corrected chi connectivity index (χ3v) is 4.07. The number of hydrogen-bond donors (Lipinski definition) is 3. The van der Waals surface area contributed by atoms with E-state index in [1.807, 2.05) is 19.1 Å². The van der Waals surface area contributed by atoms with Crippen molar-refractivity contribution >= 4 is 23.0 Å². The monoisotopic (exact) mass is 268 g/mol. The summed E-state index contributed by atoms with van der Waals surface area (Å²) < 4.78 is 0. The quantitative estimate of drug-likeness (QED) is 0.738. The van der Waals surface area contributed by atoms with Crippen LogP contribution in [0, 0.1) is 12.8 Å². The first-order valence-corrected chi connectivity index (χ1v) is 6.91. The number of nitrogen functional groups attached to an aromatic ring is 1. The summed E-state index contributed by atoms with van der Waals surface area (Å²) in [6.45, 7) is 2.32. The Hall–Kier alpha value is -0.930. The third kappa shape index (κ3) is 3.09. The normalized spacial score (nSPS) is 23.9. The first-order valence-electron chi connectivity index (χ1n) is 6.53. The number of benzene rings is 1. The Kier molecular flexibility index (Phi) is 4.36. The summed E-state index contributed by atoms with van der Waals surface area (Å²) in [5, 5.41) is 13.4. The number of aliphatic hydroxyl groups excluding tert-OH is 1. The van der Waals surface area contributed by atoms with Crippen molar-refractivity contribution in [3.05, 3.63) is 22.7 Å². The number of nitrogens with two attached hydrogens (primary N) is 1. The number of aliphatic hydroxyl groups is 1. The summed E-state index contributed by atoms with van der Waals surface area (Å²) in [4.78, 5) is 0. The molecule has 18 heavy (non-hydrogen) atoms. The molecule has 2 rings (SSSR count). The Morgan fingerprint density at radius 2 is 2.22 bits per heavy atom. The molecule has 0 aliphatic heterocycles. The first kappa shape index (κ1) is 13.5. The van der Waals surface area contributed by atoms with E-state index in [2.05, 4.69) is 5.32 Å². The fourth-order valence-electron chi connectivity index (χ4n) is 2.67. The van der Waals surface area contributed by atoms with E-state index in [1.54, 1.807) is 0 Å². The largest absolute Gasteiger partial charge is 0.398 e. The zero-order valence-electron chi connectivity index (χ0n) is 10.7. The minimum atomic E-state index is 0.291. The maximum atomic E-state index is 9.24. The molecule has 0 amide bonds. The predicted octanol–water partition coefficient (Wildman–Crippen LogP) is 3.19. The van der Waals surface area contributed by atoms with E-state index in [-0.39, 0.29) is 0 Å². The zero-order chi connectivity index (χ0) is 13.1.